The summed E-state index contributed by atoms with van der Waals surface area (Å²) in [5.41, 5.74) is 7.87. The maximum absolute atomic E-state index is 5.98. The van der Waals surface area contributed by atoms with E-state index in [-0.39, 0.29) is 0 Å². The first kappa shape index (κ1) is 12.4. The lowest BCUT2D eigenvalue weighted by Crippen LogP contribution is -2.46. The Morgan fingerprint density at radius 3 is 2.74 bits per heavy atom. The molecule has 0 unspecified atom stereocenters. The molecule has 1 aliphatic rings. The van der Waals surface area contributed by atoms with Gasteiger partial charge in [-0.15, -0.1) is 11.3 Å². The van der Waals surface area contributed by atoms with Gasteiger partial charge in [0.25, 0.3) is 0 Å². The Bertz CT molecular complexity index is 518. The van der Waals surface area contributed by atoms with Crippen molar-refractivity contribution in [2.75, 3.05) is 36.8 Å². The minimum Gasteiger partial charge on any atom is -0.396 e. The highest BCUT2D eigenvalue weighted by Crippen LogP contribution is 2.23. The summed E-state index contributed by atoms with van der Waals surface area (Å²) in [7, 11) is 0. The molecule has 0 saturated carbocycles. The zero-order chi connectivity index (χ0) is 13.1. The van der Waals surface area contributed by atoms with Crippen molar-refractivity contribution in [1.29, 1.82) is 0 Å². The standard InChI is InChI=1S/C14H18N4S/c15-13-10-16-4-3-14(13)18-7-5-17(6-8-18)11-12-2-1-9-19-12/h1-4,9-10H,5-8,11,15H2. The molecule has 2 aromatic heterocycles. The number of aromatic nitrogens is 1. The van der Waals surface area contributed by atoms with Crippen molar-refractivity contribution in [1.82, 2.24) is 9.88 Å². The number of nitrogen functional groups attached to an aromatic ring is 1. The molecule has 0 radical (unpaired) electrons. The SMILES string of the molecule is Nc1cnccc1N1CCN(Cc2cccs2)CC1. The molecular weight excluding hydrogens is 256 g/mol. The molecular formula is C14H18N4S. The molecule has 0 amide bonds. The lowest BCUT2D eigenvalue weighted by molar-refractivity contribution is 0.252. The zero-order valence-electron chi connectivity index (χ0n) is 10.8. The van der Waals surface area contributed by atoms with Crippen LogP contribution in [0.25, 0.3) is 0 Å². The van der Waals surface area contributed by atoms with Crippen LogP contribution in [0.5, 0.6) is 0 Å². The molecule has 1 fully saturated rings. The number of pyridine rings is 1. The first-order chi connectivity index (χ1) is 9.33. The van der Waals surface area contributed by atoms with Crippen molar-refractivity contribution >= 4 is 22.7 Å². The van der Waals surface area contributed by atoms with Gasteiger partial charge in [0.15, 0.2) is 0 Å². The van der Waals surface area contributed by atoms with Crippen LogP contribution < -0.4 is 10.6 Å². The number of thiophene rings is 1. The summed E-state index contributed by atoms with van der Waals surface area (Å²) in [6.45, 7) is 5.29. The third-order valence-electron chi connectivity index (χ3n) is 3.50. The van der Waals surface area contributed by atoms with E-state index in [1.807, 2.05) is 23.6 Å². The summed E-state index contributed by atoms with van der Waals surface area (Å²) in [6, 6.07) is 6.33. The molecule has 4 nitrogen and oxygen atoms in total. The molecule has 0 bridgehead atoms. The Labute approximate surface area is 117 Å². The fourth-order valence-electron chi connectivity index (χ4n) is 2.46. The highest BCUT2D eigenvalue weighted by Gasteiger charge is 2.18. The van der Waals surface area contributed by atoms with Gasteiger partial charge in [-0.25, -0.2) is 0 Å². The van der Waals surface area contributed by atoms with Crippen molar-refractivity contribution in [3.8, 4) is 0 Å². The van der Waals surface area contributed by atoms with Gasteiger partial charge in [-0.05, 0) is 17.5 Å². The van der Waals surface area contributed by atoms with Gasteiger partial charge in [0.2, 0.25) is 0 Å². The summed E-state index contributed by atoms with van der Waals surface area (Å²) >= 11 is 1.83. The summed E-state index contributed by atoms with van der Waals surface area (Å²) in [4.78, 5) is 10.3. The summed E-state index contributed by atoms with van der Waals surface area (Å²) in [5, 5.41) is 2.14. The van der Waals surface area contributed by atoms with Crippen LogP contribution in [-0.2, 0) is 6.54 Å². The Kier molecular flexibility index (Phi) is 3.66. The first-order valence-corrected chi connectivity index (χ1v) is 7.40. The van der Waals surface area contributed by atoms with E-state index in [0.29, 0.717) is 0 Å². The number of piperazine rings is 1. The number of nitrogens with two attached hydrogens (primary N) is 1. The minimum atomic E-state index is 0.772. The smallest absolute Gasteiger partial charge is 0.0738 e. The average molecular weight is 274 g/mol. The molecule has 0 spiro atoms. The van der Waals surface area contributed by atoms with Crippen LogP contribution in [0.2, 0.25) is 0 Å². The van der Waals surface area contributed by atoms with E-state index in [2.05, 4.69) is 32.3 Å². The topological polar surface area (TPSA) is 45.4 Å². The van der Waals surface area contributed by atoms with Crippen LogP contribution in [-0.4, -0.2) is 36.1 Å². The molecule has 0 atom stereocenters. The molecule has 2 N–H and O–H groups in total. The second kappa shape index (κ2) is 5.59. The van der Waals surface area contributed by atoms with Gasteiger partial charge in [-0.2, -0.15) is 0 Å². The van der Waals surface area contributed by atoms with Crippen LogP contribution >= 0.6 is 11.3 Å². The molecule has 1 aliphatic heterocycles. The number of nitrogens with zero attached hydrogens (tertiary/aromatic N) is 3. The van der Waals surface area contributed by atoms with Crippen molar-refractivity contribution in [2.45, 2.75) is 6.54 Å². The van der Waals surface area contributed by atoms with Crippen LogP contribution in [0.4, 0.5) is 11.4 Å². The molecule has 19 heavy (non-hydrogen) atoms. The number of hydrogen-bond donors (Lipinski definition) is 1. The summed E-state index contributed by atoms with van der Waals surface area (Å²) in [6.07, 6.45) is 3.54. The number of anilines is 2. The normalized spacial score (nSPS) is 16.7. The van der Waals surface area contributed by atoms with E-state index in [9.17, 15) is 0 Å². The Morgan fingerprint density at radius 2 is 2.05 bits per heavy atom. The van der Waals surface area contributed by atoms with E-state index < -0.39 is 0 Å². The van der Waals surface area contributed by atoms with E-state index in [4.69, 9.17) is 5.73 Å². The second-order valence-corrected chi connectivity index (χ2v) is 5.81. The van der Waals surface area contributed by atoms with Gasteiger partial charge in [-0.3, -0.25) is 9.88 Å². The van der Waals surface area contributed by atoms with E-state index >= 15 is 0 Å². The molecule has 2 aromatic rings. The maximum Gasteiger partial charge on any atom is 0.0738 e. The molecule has 0 aromatic carbocycles. The monoisotopic (exact) mass is 274 g/mol. The summed E-state index contributed by atoms with van der Waals surface area (Å²) in [5.74, 6) is 0. The molecule has 5 heteroatoms. The second-order valence-electron chi connectivity index (χ2n) is 4.78. The maximum atomic E-state index is 5.98. The first-order valence-electron chi connectivity index (χ1n) is 6.52. The van der Waals surface area contributed by atoms with Gasteiger partial charge >= 0.3 is 0 Å². The van der Waals surface area contributed by atoms with Crippen LogP contribution in [0.3, 0.4) is 0 Å². The Morgan fingerprint density at radius 1 is 1.21 bits per heavy atom. The molecule has 3 heterocycles. The Balaban J connectivity index is 1.59. The third kappa shape index (κ3) is 2.88. The van der Waals surface area contributed by atoms with E-state index in [0.717, 1.165) is 44.1 Å². The largest absolute Gasteiger partial charge is 0.396 e. The molecule has 0 aliphatic carbocycles. The van der Waals surface area contributed by atoms with E-state index in [1.165, 1.54) is 4.88 Å². The lowest BCUT2D eigenvalue weighted by atomic mass is 10.2. The van der Waals surface area contributed by atoms with Gasteiger partial charge in [-0.1, -0.05) is 6.07 Å². The predicted octanol–water partition coefficient (Wildman–Crippen LogP) is 2.05. The average Bonchev–Trinajstić information content (AvgIpc) is 2.93. The highest BCUT2D eigenvalue weighted by molar-refractivity contribution is 7.09. The Hall–Kier alpha value is -1.59. The quantitative estimate of drug-likeness (QED) is 0.930. The minimum absolute atomic E-state index is 0.772. The fourth-order valence-corrected chi connectivity index (χ4v) is 3.20. The van der Waals surface area contributed by atoms with Gasteiger partial charge < -0.3 is 10.6 Å². The number of rotatable bonds is 3. The fraction of sp³-hybridized carbons (Fsp3) is 0.357. The summed E-state index contributed by atoms with van der Waals surface area (Å²) < 4.78 is 0. The van der Waals surface area contributed by atoms with Crippen molar-refractivity contribution < 1.29 is 0 Å². The van der Waals surface area contributed by atoms with Crippen LogP contribution in [0, 0.1) is 0 Å². The lowest BCUT2D eigenvalue weighted by Gasteiger charge is -2.36. The number of hydrogen-bond acceptors (Lipinski definition) is 5. The van der Waals surface area contributed by atoms with Gasteiger partial charge in [0.1, 0.15) is 0 Å². The van der Waals surface area contributed by atoms with Gasteiger partial charge in [0, 0.05) is 43.8 Å². The van der Waals surface area contributed by atoms with Crippen molar-refractivity contribution in [3.05, 3.63) is 40.8 Å². The predicted molar refractivity (Wildman–Crippen MR) is 80.5 cm³/mol. The van der Waals surface area contributed by atoms with Crippen molar-refractivity contribution in [3.63, 3.8) is 0 Å². The zero-order valence-corrected chi connectivity index (χ0v) is 11.6. The van der Waals surface area contributed by atoms with Crippen LogP contribution in [0.1, 0.15) is 4.88 Å². The molecule has 3 rings (SSSR count). The molecule has 1 saturated heterocycles. The highest BCUT2D eigenvalue weighted by atomic mass is 32.1. The third-order valence-corrected chi connectivity index (χ3v) is 4.36. The van der Waals surface area contributed by atoms with Gasteiger partial charge in [0.05, 0.1) is 17.6 Å². The van der Waals surface area contributed by atoms with E-state index in [1.54, 1.807) is 6.20 Å². The van der Waals surface area contributed by atoms with Crippen LogP contribution in [0.15, 0.2) is 36.0 Å². The molecule has 100 valence electrons. The van der Waals surface area contributed by atoms with Crippen molar-refractivity contribution in [2.24, 2.45) is 0 Å².